The lowest BCUT2D eigenvalue weighted by Gasteiger charge is -2.25. The van der Waals surface area contributed by atoms with Gasteiger partial charge in [-0.1, -0.05) is 23.5 Å². The van der Waals surface area contributed by atoms with Gasteiger partial charge in [0.1, 0.15) is 5.01 Å². The molecule has 2 aromatic heterocycles. The van der Waals surface area contributed by atoms with E-state index in [2.05, 4.69) is 37.9 Å². The third kappa shape index (κ3) is 2.85. The number of amides is 1. The Kier molecular flexibility index (Phi) is 4.02. The van der Waals surface area contributed by atoms with E-state index in [1.807, 2.05) is 29.2 Å². The van der Waals surface area contributed by atoms with Crippen LogP contribution in [0, 0.1) is 3.57 Å². The first-order valence-corrected chi connectivity index (χ1v) is 9.39. The van der Waals surface area contributed by atoms with Crippen molar-refractivity contribution in [3.8, 4) is 10.6 Å². The monoisotopic (exact) mass is 439 g/mol. The molecule has 1 amide bonds. The average molecular weight is 439 g/mol. The van der Waals surface area contributed by atoms with Gasteiger partial charge in [0.05, 0.1) is 0 Å². The Morgan fingerprint density at radius 2 is 1.83 bits per heavy atom. The Balaban J connectivity index is 1.69. The van der Waals surface area contributed by atoms with Crippen LogP contribution in [-0.4, -0.2) is 43.7 Å². The Morgan fingerprint density at radius 1 is 1.09 bits per heavy atom. The number of fused-ring (bicyclic) bond motifs is 1. The number of benzene rings is 1. The number of nitrogens with zero attached hydrogens (tertiary/aromatic N) is 5. The molecule has 0 aliphatic carbocycles. The Morgan fingerprint density at radius 3 is 2.57 bits per heavy atom. The Labute approximate surface area is 150 Å². The molecule has 8 heteroatoms. The number of aromatic nitrogens is 4. The predicted molar refractivity (Wildman–Crippen MR) is 96.6 cm³/mol. The van der Waals surface area contributed by atoms with E-state index in [9.17, 15) is 4.79 Å². The molecule has 118 valence electrons. The van der Waals surface area contributed by atoms with Crippen molar-refractivity contribution in [2.45, 2.75) is 19.3 Å². The number of piperidine rings is 1. The number of likely N-dealkylation sites (tertiary alicyclic amines) is 1. The lowest BCUT2D eigenvalue weighted by atomic mass is 10.1. The SMILES string of the molecule is O=C(c1nnc2sc(-c3ccc(I)cc3)nn12)N1CCCCC1. The fourth-order valence-corrected chi connectivity index (χ4v) is 3.90. The van der Waals surface area contributed by atoms with Crippen LogP contribution >= 0.6 is 33.9 Å². The molecule has 4 rings (SSSR count). The largest absolute Gasteiger partial charge is 0.336 e. The van der Waals surface area contributed by atoms with E-state index in [1.54, 1.807) is 4.52 Å². The summed E-state index contributed by atoms with van der Waals surface area (Å²) >= 11 is 3.72. The highest BCUT2D eigenvalue weighted by molar-refractivity contribution is 14.1. The van der Waals surface area contributed by atoms with Crippen LogP contribution in [0.1, 0.15) is 29.9 Å². The minimum atomic E-state index is -0.0725. The number of halogens is 1. The zero-order chi connectivity index (χ0) is 15.8. The molecule has 1 aliphatic rings. The fourth-order valence-electron chi connectivity index (χ4n) is 2.70. The Hall–Kier alpha value is -1.55. The van der Waals surface area contributed by atoms with E-state index in [4.69, 9.17) is 0 Å². The van der Waals surface area contributed by atoms with E-state index < -0.39 is 0 Å². The normalized spacial score (nSPS) is 15.3. The second-order valence-corrected chi connectivity index (χ2v) is 7.69. The summed E-state index contributed by atoms with van der Waals surface area (Å²) < 4.78 is 2.75. The highest BCUT2D eigenvalue weighted by Crippen LogP contribution is 2.26. The second kappa shape index (κ2) is 6.16. The molecule has 1 fully saturated rings. The maximum Gasteiger partial charge on any atom is 0.293 e. The summed E-state index contributed by atoms with van der Waals surface area (Å²) in [5.74, 6) is 0.242. The zero-order valence-electron chi connectivity index (χ0n) is 12.3. The van der Waals surface area contributed by atoms with Crippen molar-refractivity contribution in [1.82, 2.24) is 24.7 Å². The van der Waals surface area contributed by atoms with Crippen LogP contribution in [0.4, 0.5) is 0 Å². The van der Waals surface area contributed by atoms with Crippen molar-refractivity contribution < 1.29 is 4.79 Å². The van der Waals surface area contributed by atoms with E-state index >= 15 is 0 Å². The van der Waals surface area contributed by atoms with Crippen molar-refractivity contribution in [1.29, 1.82) is 0 Å². The molecule has 0 unspecified atom stereocenters. The van der Waals surface area contributed by atoms with Gasteiger partial charge in [0.2, 0.25) is 10.8 Å². The van der Waals surface area contributed by atoms with E-state index in [1.165, 1.54) is 21.3 Å². The van der Waals surface area contributed by atoms with Crippen LogP contribution in [0.2, 0.25) is 0 Å². The van der Waals surface area contributed by atoms with Gasteiger partial charge in [-0.3, -0.25) is 4.79 Å². The van der Waals surface area contributed by atoms with Gasteiger partial charge in [0, 0.05) is 22.2 Å². The summed E-state index contributed by atoms with van der Waals surface area (Å²) in [6, 6.07) is 8.13. The van der Waals surface area contributed by atoms with Crippen molar-refractivity contribution in [2.24, 2.45) is 0 Å². The molecular weight excluding hydrogens is 425 g/mol. The lowest BCUT2D eigenvalue weighted by Crippen LogP contribution is -2.36. The molecule has 0 atom stereocenters. The quantitative estimate of drug-likeness (QED) is 0.576. The van der Waals surface area contributed by atoms with Gasteiger partial charge in [0.15, 0.2) is 0 Å². The van der Waals surface area contributed by atoms with Crippen LogP contribution in [0.25, 0.3) is 15.5 Å². The maximum atomic E-state index is 12.6. The number of hydrogen-bond acceptors (Lipinski definition) is 5. The smallest absolute Gasteiger partial charge is 0.293 e. The highest BCUT2D eigenvalue weighted by Gasteiger charge is 2.24. The molecule has 1 saturated heterocycles. The van der Waals surface area contributed by atoms with Gasteiger partial charge in [-0.05, 0) is 54.0 Å². The number of rotatable bonds is 2. The molecule has 1 aliphatic heterocycles. The first-order chi connectivity index (χ1) is 11.2. The van der Waals surface area contributed by atoms with Crippen molar-refractivity contribution in [2.75, 3.05) is 13.1 Å². The number of carbonyl (C=O) groups excluding carboxylic acids is 1. The number of carbonyl (C=O) groups is 1. The van der Waals surface area contributed by atoms with Crippen molar-refractivity contribution in [3.63, 3.8) is 0 Å². The average Bonchev–Trinajstić information content (AvgIpc) is 3.16. The minimum Gasteiger partial charge on any atom is -0.336 e. The minimum absolute atomic E-state index is 0.0725. The fraction of sp³-hybridized carbons (Fsp3) is 0.333. The summed E-state index contributed by atoms with van der Waals surface area (Å²) in [5.41, 5.74) is 1.03. The molecule has 0 saturated carbocycles. The predicted octanol–water partition coefficient (Wildman–Crippen LogP) is 3.08. The summed E-state index contributed by atoms with van der Waals surface area (Å²) in [7, 11) is 0. The van der Waals surface area contributed by atoms with Crippen LogP contribution in [0.3, 0.4) is 0 Å². The molecule has 3 heterocycles. The van der Waals surface area contributed by atoms with Crippen LogP contribution < -0.4 is 0 Å². The summed E-state index contributed by atoms with van der Waals surface area (Å²) in [4.78, 5) is 15.1. The van der Waals surface area contributed by atoms with Crippen LogP contribution in [0.15, 0.2) is 24.3 Å². The second-order valence-electron chi connectivity index (χ2n) is 5.48. The molecule has 6 nitrogen and oxygen atoms in total. The van der Waals surface area contributed by atoms with Gasteiger partial charge in [-0.2, -0.15) is 9.61 Å². The van der Waals surface area contributed by atoms with E-state index in [0.717, 1.165) is 36.5 Å². The van der Waals surface area contributed by atoms with Crippen molar-refractivity contribution >= 4 is 44.8 Å². The van der Waals surface area contributed by atoms with Gasteiger partial charge in [0.25, 0.3) is 5.91 Å². The third-order valence-electron chi connectivity index (χ3n) is 3.92. The molecule has 1 aromatic carbocycles. The van der Waals surface area contributed by atoms with Gasteiger partial charge in [-0.25, -0.2) is 0 Å². The number of hydrogen-bond donors (Lipinski definition) is 0. The van der Waals surface area contributed by atoms with Crippen LogP contribution in [-0.2, 0) is 0 Å². The van der Waals surface area contributed by atoms with Gasteiger partial charge < -0.3 is 4.90 Å². The molecule has 0 bridgehead atoms. The molecular formula is C15H14IN5OS. The molecule has 0 spiro atoms. The lowest BCUT2D eigenvalue weighted by molar-refractivity contribution is 0.0709. The Bertz CT molecular complexity index is 851. The molecule has 23 heavy (non-hydrogen) atoms. The summed E-state index contributed by atoms with van der Waals surface area (Å²) in [6.07, 6.45) is 3.30. The zero-order valence-corrected chi connectivity index (χ0v) is 15.2. The topological polar surface area (TPSA) is 63.4 Å². The van der Waals surface area contributed by atoms with Gasteiger partial charge in [-0.15, -0.1) is 10.2 Å². The third-order valence-corrected chi connectivity index (χ3v) is 5.58. The highest BCUT2D eigenvalue weighted by atomic mass is 127. The summed E-state index contributed by atoms with van der Waals surface area (Å²) in [5, 5.41) is 13.6. The van der Waals surface area contributed by atoms with Crippen LogP contribution in [0.5, 0.6) is 0 Å². The molecule has 0 N–H and O–H groups in total. The van der Waals surface area contributed by atoms with E-state index in [-0.39, 0.29) is 5.91 Å². The molecule has 3 aromatic rings. The maximum absolute atomic E-state index is 12.6. The molecule has 0 radical (unpaired) electrons. The first kappa shape index (κ1) is 15.0. The van der Waals surface area contributed by atoms with E-state index in [0.29, 0.717) is 10.8 Å². The first-order valence-electron chi connectivity index (χ1n) is 7.50. The summed E-state index contributed by atoms with van der Waals surface area (Å²) in [6.45, 7) is 1.59. The standard InChI is InChI=1S/C15H14IN5OS/c16-11-6-4-10(5-7-11)13-19-21-12(17-18-15(21)23-13)14(22)20-8-2-1-3-9-20/h4-7H,1-3,8-9H2. The van der Waals surface area contributed by atoms with Crippen molar-refractivity contribution in [3.05, 3.63) is 33.7 Å². The van der Waals surface area contributed by atoms with Gasteiger partial charge >= 0.3 is 0 Å².